The number of hydrogen-bond donors (Lipinski definition) is 0. The summed E-state index contributed by atoms with van der Waals surface area (Å²) in [7, 11) is 0. The Morgan fingerprint density at radius 1 is 0.571 bits per heavy atom. The lowest BCUT2D eigenvalue weighted by Crippen LogP contribution is -3.00. The van der Waals surface area contributed by atoms with E-state index in [1.807, 2.05) is 0 Å². The zero-order valence-electron chi connectivity index (χ0n) is 7.99. The van der Waals surface area contributed by atoms with Crippen LogP contribution in [-0.4, -0.2) is 54.2 Å². The quantitative estimate of drug-likeness (QED) is 0.429. The Labute approximate surface area is 113 Å². The fourth-order valence-corrected chi connectivity index (χ4v) is 2.82. The van der Waals surface area contributed by atoms with Crippen LogP contribution in [0.25, 0.3) is 0 Å². The predicted octanol–water partition coefficient (Wildman–Crippen LogP) is -0.238. The first-order valence-corrected chi connectivity index (χ1v) is 6.47. The Bertz CT molecular complexity index is 92.8. The van der Waals surface area contributed by atoms with Crippen LogP contribution in [0, 0.1) is 0 Å². The third-order valence-electron chi connectivity index (χ3n) is 2.24. The van der Waals surface area contributed by atoms with Crippen LogP contribution in [0.5, 0.6) is 0 Å². The first-order valence-electron chi connectivity index (χ1n) is 4.33. The van der Waals surface area contributed by atoms with Crippen LogP contribution in [0.3, 0.4) is 0 Å². The molecule has 14 heavy (non-hydrogen) atoms. The predicted molar refractivity (Wildman–Crippen MR) is 62.6 cm³/mol. The van der Waals surface area contributed by atoms with Gasteiger partial charge in [0, 0.05) is 0 Å². The third-order valence-corrected chi connectivity index (χ3v) is 2.91. The SMILES string of the molecule is ClCC[N+](CCCl)(CCCl)CCCl.[Cl-]. The smallest absolute Gasteiger partial charge is 0.0925 e. The molecule has 0 fully saturated rings. The molecule has 0 aliphatic heterocycles. The summed E-state index contributed by atoms with van der Waals surface area (Å²) >= 11 is 23.0. The van der Waals surface area contributed by atoms with Gasteiger partial charge in [0.15, 0.2) is 0 Å². The van der Waals surface area contributed by atoms with Gasteiger partial charge in [-0.2, -0.15) is 0 Å². The van der Waals surface area contributed by atoms with E-state index in [0.29, 0.717) is 23.5 Å². The first-order chi connectivity index (χ1) is 6.24. The summed E-state index contributed by atoms with van der Waals surface area (Å²) in [6.45, 7) is 3.59. The minimum atomic E-state index is 0. The van der Waals surface area contributed by atoms with Crippen LogP contribution in [0.4, 0.5) is 0 Å². The second-order valence-electron chi connectivity index (χ2n) is 2.99. The molecule has 0 rings (SSSR count). The molecule has 6 heteroatoms. The van der Waals surface area contributed by atoms with Crippen molar-refractivity contribution in [2.75, 3.05) is 49.7 Å². The molecule has 88 valence electrons. The van der Waals surface area contributed by atoms with Crippen molar-refractivity contribution in [3.63, 3.8) is 0 Å². The summed E-state index contributed by atoms with van der Waals surface area (Å²) in [4.78, 5) is 0. The van der Waals surface area contributed by atoms with Gasteiger partial charge < -0.3 is 16.9 Å². The van der Waals surface area contributed by atoms with Gasteiger partial charge in [-0.1, -0.05) is 0 Å². The molecule has 0 atom stereocenters. The molecule has 0 saturated carbocycles. The molecule has 1 nitrogen and oxygen atoms in total. The van der Waals surface area contributed by atoms with Crippen molar-refractivity contribution in [3.05, 3.63) is 0 Å². The van der Waals surface area contributed by atoms with Crippen molar-refractivity contribution < 1.29 is 16.9 Å². The lowest BCUT2D eigenvalue weighted by Gasteiger charge is -2.36. The number of hydrogen-bond acceptors (Lipinski definition) is 0. The van der Waals surface area contributed by atoms with Gasteiger partial charge in [-0.3, -0.25) is 0 Å². The highest BCUT2D eigenvalue weighted by Crippen LogP contribution is 2.09. The topological polar surface area (TPSA) is 0 Å². The van der Waals surface area contributed by atoms with Crippen LogP contribution in [0.1, 0.15) is 0 Å². The second kappa shape index (κ2) is 10.9. The van der Waals surface area contributed by atoms with Crippen LogP contribution in [-0.2, 0) is 0 Å². The maximum Gasteiger partial charge on any atom is 0.0925 e. The van der Waals surface area contributed by atoms with Crippen molar-refractivity contribution in [3.8, 4) is 0 Å². The van der Waals surface area contributed by atoms with Gasteiger partial charge in [0.25, 0.3) is 0 Å². The van der Waals surface area contributed by atoms with Gasteiger partial charge >= 0.3 is 0 Å². The Hall–Kier alpha value is 1.41. The number of rotatable bonds is 8. The molecule has 0 aromatic carbocycles. The monoisotopic (exact) mass is 301 g/mol. The minimum Gasteiger partial charge on any atom is -1.00 e. The van der Waals surface area contributed by atoms with Crippen molar-refractivity contribution in [1.82, 2.24) is 0 Å². The van der Waals surface area contributed by atoms with Crippen molar-refractivity contribution in [1.29, 1.82) is 0 Å². The van der Waals surface area contributed by atoms with Gasteiger partial charge in [-0.25, -0.2) is 0 Å². The fourth-order valence-electron chi connectivity index (χ4n) is 1.39. The summed E-state index contributed by atoms with van der Waals surface area (Å²) in [5, 5.41) is 0. The molecule has 0 N–H and O–H groups in total. The van der Waals surface area contributed by atoms with Crippen LogP contribution < -0.4 is 12.4 Å². The van der Waals surface area contributed by atoms with E-state index in [1.54, 1.807) is 0 Å². The maximum absolute atomic E-state index is 5.75. The molecule has 0 heterocycles. The Morgan fingerprint density at radius 3 is 0.929 bits per heavy atom. The summed E-state index contributed by atoms with van der Waals surface area (Å²) < 4.78 is 0.847. The highest BCUT2D eigenvalue weighted by molar-refractivity contribution is 6.19. The molecule has 0 aliphatic rings. The van der Waals surface area contributed by atoms with E-state index in [2.05, 4.69) is 0 Å². The molecular weight excluding hydrogens is 287 g/mol. The highest BCUT2D eigenvalue weighted by Gasteiger charge is 2.24. The minimum absolute atomic E-state index is 0. The van der Waals surface area contributed by atoms with Gasteiger partial charge in [-0.15, -0.1) is 46.4 Å². The Kier molecular flexibility index (Phi) is 13.9. The average molecular weight is 303 g/mol. The molecule has 0 amide bonds. The van der Waals surface area contributed by atoms with Crippen LogP contribution in [0.15, 0.2) is 0 Å². The number of alkyl halides is 4. The first kappa shape index (κ1) is 17.8. The zero-order chi connectivity index (χ0) is 10.2. The molecule has 0 bridgehead atoms. The second-order valence-corrected chi connectivity index (χ2v) is 4.50. The van der Waals surface area contributed by atoms with Crippen molar-refractivity contribution in [2.24, 2.45) is 0 Å². The third kappa shape index (κ3) is 6.81. The molecule has 0 aromatic rings. The van der Waals surface area contributed by atoms with E-state index in [1.165, 1.54) is 0 Å². The average Bonchev–Trinajstić information content (AvgIpc) is 2.06. The number of halogens is 5. The normalized spacial score (nSPS) is 11.1. The van der Waals surface area contributed by atoms with Gasteiger partial charge in [-0.05, 0) is 0 Å². The summed E-state index contributed by atoms with van der Waals surface area (Å²) in [6.07, 6.45) is 0. The molecule has 0 unspecified atom stereocenters. The molecular formula is C8H16Cl5N. The molecule has 0 aromatic heterocycles. The zero-order valence-corrected chi connectivity index (χ0v) is 11.8. The Morgan fingerprint density at radius 2 is 0.786 bits per heavy atom. The number of nitrogens with zero attached hydrogens (tertiary/aromatic N) is 1. The largest absolute Gasteiger partial charge is 1.00 e. The molecule has 0 saturated heterocycles. The Balaban J connectivity index is 0. The van der Waals surface area contributed by atoms with E-state index >= 15 is 0 Å². The van der Waals surface area contributed by atoms with Crippen LogP contribution in [0.2, 0.25) is 0 Å². The van der Waals surface area contributed by atoms with E-state index in [9.17, 15) is 0 Å². The van der Waals surface area contributed by atoms with E-state index in [0.717, 1.165) is 30.7 Å². The fraction of sp³-hybridized carbons (Fsp3) is 1.00. The van der Waals surface area contributed by atoms with E-state index in [-0.39, 0.29) is 12.4 Å². The van der Waals surface area contributed by atoms with Gasteiger partial charge in [0.05, 0.1) is 49.7 Å². The standard InChI is InChI=1S/C8H16Cl4N.ClH/c9-1-5-13(6-2-10,7-3-11)8-4-12;/h1-8H2;1H/q+1;/p-1. The van der Waals surface area contributed by atoms with Gasteiger partial charge in [0.1, 0.15) is 0 Å². The molecule has 0 aliphatic carbocycles. The summed E-state index contributed by atoms with van der Waals surface area (Å²) in [5.41, 5.74) is 0. The van der Waals surface area contributed by atoms with Crippen molar-refractivity contribution >= 4 is 46.4 Å². The lowest BCUT2D eigenvalue weighted by molar-refractivity contribution is -0.919. The summed E-state index contributed by atoms with van der Waals surface area (Å²) in [5.74, 6) is 2.52. The lowest BCUT2D eigenvalue weighted by atomic mass is 10.3. The van der Waals surface area contributed by atoms with Crippen LogP contribution >= 0.6 is 46.4 Å². The summed E-state index contributed by atoms with van der Waals surface area (Å²) in [6, 6.07) is 0. The highest BCUT2D eigenvalue weighted by atomic mass is 35.5. The molecule has 0 spiro atoms. The van der Waals surface area contributed by atoms with E-state index < -0.39 is 0 Å². The van der Waals surface area contributed by atoms with Gasteiger partial charge in [0.2, 0.25) is 0 Å². The molecule has 0 radical (unpaired) electrons. The maximum atomic E-state index is 5.75. The van der Waals surface area contributed by atoms with Crippen molar-refractivity contribution in [2.45, 2.75) is 0 Å². The van der Waals surface area contributed by atoms with E-state index in [4.69, 9.17) is 46.4 Å². The number of quaternary nitrogens is 1.